The standard InChI is InChI=1S/C15H24F2N2/c1-4-11(5-2)10-19(6-3)15-13(16)7-12(9-18)8-14(15)17/h7-8,11H,4-6,9-10,18H2,1-3H3. The van der Waals surface area contributed by atoms with Gasteiger partial charge in [0.2, 0.25) is 0 Å². The first-order valence-electron chi connectivity index (χ1n) is 7.00. The maximum Gasteiger partial charge on any atom is 0.149 e. The summed E-state index contributed by atoms with van der Waals surface area (Å²) in [4.78, 5) is 1.78. The Morgan fingerprint density at radius 3 is 2.00 bits per heavy atom. The molecule has 0 radical (unpaired) electrons. The minimum Gasteiger partial charge on any atom is -0.367 e. The SMILES string of the molecule is CCC(CC)CN(CC)c1c(F)cc(CN)cc1F. The van der Waals surface area contributed by atoms with Crippen molar-refractivity contribution in [2.75, 3.05) is 18.0 Å². The molecule has 0 aliphatic rings. The van der Waals surface area contributed by atoms with Gasteiger partial charge >= 0.3 is 0 Å². The lowest BCUT2D eigenvalue weighted by molar-refractivity contribution is 0.475. The van der Waals surface area contributed by atoms with Crippen LogP contribution in [0.15, 0.2) is 12.1 Å². The van der Waals surface area contributed by atoms with Gasteiger partial charge in [-0.3, -0.25) is 0 Å². The Morgan fingerprint density at radius 2 is 1.63 bits per heavy atom. The van der Waals surface area contributed by atoms with Crippen molar-refractivity contribution in [3.05, 3.63) is 29.3 Å². The van der Waals surface area contributed by atoms with Gasteiger partial charge in [0.25, 0.3) is 0 Å². The molecule has 1 rings (SSSR count). The van der Waals surface area contributed by atoms with Crippen molar-refractivity contribution in [2.24, 2.45) is 11.7 Å². The number of halogens is 2. The average molecular weight is 270 g/mol. The predicted molar refractivity (Wildman–Crippen MR) is 76.2 cm³/mol. The predicted octanol–water partition coefficient (Wildman–Crippen LogP) is 3.69. The van der Waals surface area contributed by atoms with Crippen LogP contribution in [0.25, 0.3) is 0 Å². The second-order valence-corrected chi connectivity index (χ2v) is 4.83. The summed E-state index contributed by atoms with van der Waals surface area (Å²) in [6.45, 7) is 7.54. The smallest absolute Gasteiger partial charge is 0.149 e. The van der Waals surface area contributed by atoms with Gasteiger partial charge in [-0.15, -0.1) is 0 Å². The third-order valence-corrected chi connectivity index (χ3v) is 3.64. The van der Waals surface area contributed by atoms with E-state index >= 15 is 0 Å². The maximum absolute atomic E-state index is 14.1. The molecular formula is C15H24F2N2. The number of anilines is 1. The van der Waals surface area contributed by atoms with Crippen molar-refractivity contribution in [3.63, 3.8) is 0 Å². The summed E-state index contributed by atoms with van der Waals surface area (Å²) in [6.07, 6.45) is 2.02. The number of rotatable bonds is 7. The molecule has 0 aromatic heterocycles. The summed E-state index contributed by atoms with van der Waals surface area (Å²) < 4.78 is 28.1. The third kappa shape index (κ3) is 3.90. The number of benzene rings is 1. The van der Waals surface area contributed by atoms with E-state index in [0.717, 1.165) is 12.8 Å². The second kappa shape index (κ2) is 7.43. The molecule has 0 saturated carbocycles. The quantitative estimate of drug-likeness (QED) is 0.819. The van der Waals surface area contributed by atoms with E-state index < -0.39 is 11.6 Å². The van der Waals surface area contributed by atoms with Crippen LogP contribution in [0, 0.1) is 17.6 Å². The summed E-state index contributed by atoms with van der Waals surface area (Å²) in [5.41, 5.74) is 5.98. The Bertz CT molecular complexity index is 380. The summed E-state index contributed by atoms with van der Waals surface area (Å²) in [7, 11) is 0. The lowest BCUT2D eigenvalue weighted by atomic mass is 10.0. The van der Waals surface area contributed by atoms with Crippen molar-refractivity contribution in [1.29, 1.82) is 0 Å². The lowest BCUT2D eigenvalue weighted by Gasteiger charge is -2.28. The summed E-state index contributed by atoms with van der Waals surface area (Å²) in [5.74, 6) is -0.588. The van der Waals surface area contributed by atoms with E-state index in [4.69, 9.17) is 5.73 Å². The molecule has 0 saturated heterocycles. The number of hydrogen-bond donors (Lipinski definition) is 1. The van der Waals surface area contributed by atoms with Crippen LogP contribution >= 0.6 is 0 Å². The molecule has 0 aliphatic heterocycles. The maximum atomic E-state index is 14.1. The Balaban J connectivity index is 3.04. The van der Waals surface area contributed by atoms with E-state index in [1.165, 1.54) is 12.1 Å². The molecule has 0 atom stereocenters. The summed E-state index contributed by atoms with van der Waals surface area (Å²) in [5, 5.41) is 0. The van der Waals surface area contributed by atoms with Gasteiger partial charge in [-0.25, -0.2) is 8.78 Å². The molecule has 0 heterocycles. The monoisotopic (exact) mass is 270 g/mol. The second-order valence-electron chi connectivity index (χ2n) is 4.83. The van der Waals surface area contributed by atoms with Gasteiger partial charge in [-0.2, -0.15) is 0 Å². The third-order valence-electron chi connectivity index (χ3n) is 3.64. The molecule has 0 unspecified atom stereocenters. The first-order valence-corrected chi connectivity index (χ1v) is 7.00. The van der Waals surface area contributed by atoms with E-state index in [1.807, 2.05) is 6.92 Å². The molecule has 0 aliphatic carbocycles. The largest absolute Gasteiger partial charge is 0.367 e. The van der Waals surface area contributed by atoms with Crippen LogP contribution < -0.4 is 10.6 Å². The summed E-state index contributed by atoms with van der Waals surface area (Å²) >= 11 is 0. The highest BCUT2D eigenvalue weighted by Gasteiger charge is 2.19. The topological polar surface area (TPSA) is 29.3 Å². The lowest BCUT2D eigenvalue weighted by Crippen LogP contribution is -2.30. The highest BCUT2D eigenvalue weighted by Crippen LogP contribution is 2.26. The van der Waals surface area contributed by atoms with Crippen molar-refractivity contribution in [1.82, 2.24) is 0 Å². The number of nitrogens with zero attached hydrogens (tertiary/aromatic N) is 1. The molecule has 0 spiro atoms. The molecule has 1 aromatic rings. The Labute approximate surface area is 114 Å². The van der Waals surface area contributed by atoms with Crippen molar-refractivity contribution in [2.45, 2.75) is 40.2 Å². The van der Waals surface area contributed by atoms with Crippen LogP contribution in [0.2, 0.25) is 0 Å². The van der Waals surface area contributed by atoms with Crippen molar-refractivity contribution in [3.8, 4) is 0 Å². The van der Waals surface area contributed by atoms with Crippen LogP contribution in [0.5, 0.6) is 0 Å². The highest BCUT2D eigenvalue weighted by atomic mass is 19.1. The van der Waals surface area contributed by atoms with Gasteiger partial charge in [0.05, 0.1) is 0 Å². The molecule has 1 aromatic carbocycles. The number of hydrogen-bond acceptors (Lipinski definition) is 2. The van der Waals surface area contributed by atoms with Crippen molar-refractivity contribution < 1.29 is 8.78 Å². The van der Waals surface area contributed by atoms with Gasteiger partial charge in [0.15, 0.2) is 0 Å². The van der Waals surface area contributed by atoms with E-state index in [1.54, 1.807) is 4.90 Å². The zero-order valence-electron chi connectivity index (χ0n) is 12.0. The molecule has 19 heavy (non-hydrogen) atoms. The molecule has 0 fully saturated rings. The van der Waals surface area contributed by atoms with Crippen LogP contribution in [-0.2, 0) is 6.54 Å². The molecule has 0 bridgehead atoms. The highest BCUT2D eigenvalue weighted by molar-refractivity contribution is 5.50. The van der Waals surface area contributed by atoms with E-state index in [9.17, 15) is 8.78 Å². The molecule has 4 heteroatoms. The zero-order chi connectivity index (χ0) is 14.4. The molecule has 2 nitrogen and oxygen atoms in total. The Hall–Kier alpha value is -1.16. The van der Waals surface area contributed by atoms with Gasteiger partial charge < -0.3 is 10.6 Å². The molecule has 108 valence electrons. The fourth-order valence-electron chi connectivity index (χ4n) is 2.28. The fourth-order valence-corrected chi connectivity index (χ4v) is 2.28. The fraction of sp³-hybridized carbons (Fsp3) is 0.600. The van der Waals surface area contributed by atoms with Crippen LogP contribution in [-0.4, -0.2) is 13.1 Å². The van der Waals surface area contributed by atoms with Crippen LogP contribution in [0.4, 0.5) is 14.5 Å². The van der Waals surface area contributed by atoms with E-state index in [-0.39, 0.29) is 12.2 Å². The van der Waals surface area contributed by atoms with Crippen LogP contribution in [0.3, 0.4) is 0 Å². The van der Waals surface area contributed by atoms with E-state index in [2.05, 4.69) is 13.8 Å². The molecule has 0 amide bonds. The van der Waals surface area contributed by atoms with E-state index in [0.29, 0.717) is 24.6 Å². The first kappa shape index (κ1) is 15.9. The average Bonchev–Trinajstić information content (AvgIpc) is 2.41. The molecular weight excluding hydrogens is 246 g/mol. The molecule has 2 N–H and O–H groups in total. The van der Waals surface area contributed by atoms with Gasteiger partial charge in [-0.05, 0) is 30.5 Å². The minimum absolute atomic E-state index is 0.0756. The van der Waals surface area contributed by atoms with Gasteiger partial charge in [0.1, 0.15) is 17.3 Å². The zero-order valence-corrected chi connectivity index (χ0v) is 12.0. The Morgan fingerprint density at radius 1 is 1.11 bits per heavy atom. The summed E-state index contributed by atoms with van der Waals surface area (Å²) in [6, 6.07) is 2.65. The van der Waals surface area contributed by atoms with Crippen LogP contribution in [0.1, 0.15) is 39.2 Å². The minimum atomic E-state index is -0.520. The first-order chi connectivity index (χ1) is 9.07. The van der Waals surface area contributed by atoms with Gasteiger partial charge in [-0.1, -0.05) is 26.7 Å². The van der Waals surface area contributed by atoms with Gasteiger partial charge in [0, 0.05) is 19.6 Å². The number of nitrogens with two attached hydrogens (primary N) is 1. The normalized spacial score (nSPS) is 11.1. The Kier molecular flexibility index (Phi) is 6.22. The van der Waals surface area contributed by atoms with Crippen molar-refractivity contribution >= 4 is 5.69 Å².